The zero-order valence-corrected chi connectivity index (χ0v) is 25.4. The van der Waals surface area contributed by atoms with E-state index in [1.807, 2.05) is 18.2 Å². The quantitative estimate of drug-likeness (QED) is 0.390. The lowest BCUT2D eigenvalue weighted by Gasteiger charge is -2.48. The van der Waals surface area contributed by atoms with Crippen LogP contribution in [0.1, 0.15) is 50.5 Å². The number of nitrogens with one attached hydrogen (secondary N) is 1. The molecule has 7 nitrogen and oxygen atoms in total. The smallest absolute Gasteiger partial charge is 0.243 e. The maximum atomic E-state index is 14.5. The van der Waals surface area contributed by atoms with Gasteiger partial charge in [-0.25, -0.2) is 12.8 Å². The van der Waals surface area contributed by atoms with E-state index in [9.17, 15) is 22.9 Å². The number of amides is 1. The van der Waals surface area contributed by atoms with Gasteiger partial charge in [0.2, 0.25) is 5.91 Å². The Hall–Kier alpha value is -3.22. The average molecular weight is 605 g/mol. The van der Waals surface area contributed by atoms with Crippen LogP contribution >= 0.6 is 0 Å². The van der Waals surface area contributed by atoms with Crippen molar-refractivity contribution in [1.82, 2.24) is 10.2 Å². The van der Waals surface area contributed by atoms with E-state index < -0.39 is 15.3 Å². The molecule has 2 heterocycles. The topological polar surface area (TPSA) is 93.5 Å². The van der Waals surface area contributed by atoms with Crippen molar-refractivity contribution in [3.05, 3.63) is 72.6 Å². The first-order chi connectivity index (χ1) is 20.7. The summed E-state index contributed by atoms with van der Waals surface area (Å²) in [4.78, 5) is 17.5. The van der Waals surface area contributed by atoms with Gasteiger partial charge in [-0.05, 0) is 106 Å². The van der Waals surface area contributed by atoms with Crippen molar-refractivity contribution in [2.75, 3.05) is 37.6 Å². The van der Waals surface area contributed by atoms with E-state index in [2.05, 4.69) is 27.8 Å². The van der Waals surface area contributed by atoms with Crippen molar-refractivity contribution in [1.29, 1.82) is 5.26 Å². The molecule has 0 bridgehead atoms. The maximum Gasteiger partial charge on any atom is 0.243 e. The number of likely N-dealkylation sites (tertiary alicyclic amines) is 1. The first-order valence-electron chi connectivity index (χ1n) is 15.7. The zero-order chi connectivity index (χ0) is 30.2. The predicted octanol–water partition coefficient (Wildman–Crippen LogP) is 4.84. The second kappa shape index (κ2) is 12.0. The molecule has 0 spiro atoms. The molecule has 4 fully saturated rings. The number of anilines is 1. The maximum absolute atomic E-state index is 14.5. The van der Waals surface area contributed by atoms with Gasteiger partial charge in [0.1, 0.15) is 5.82 Å². The molecule has 1 N–H and O–H groups in total. The molecule has 2 aromatic carbocycles. The Kier molecular flexibility index (Phi) is 8.36. The second-order valence-electron chi connectivity index (χ2n) is 12.9. The summed E-state index contributed by atoms with van der Waals surface area (Å²) in [6.07, 6.45) is 7.05. The number of hydrogen-bond acceptors (Lipinski definition) is 6. The highest BCUT2D eigenvalue weighted by molar-refractivity contribution is 7.92. The molecule has 228 valence electrons. The van der Waals surface area contributed by atoms with Crippen LogP contribution in [-0.4, -0.2) is 63.2 Å². The van der Waals surface area contributed by atoms with Gasteiger partial charge in [0.15, 0.2) is 9.84 Å². The van der Waals surface area contributed by atoms with Gasteiger partial charge >= 0.3 is 0 Å². The van der Waals surface area contributed by atoms with Gasteiger partial charge < -0.3 is 15.1 Å². The summed E-state index contributed by atoms with van der Waals surface area (Å²) in [5.74, 6) is -0.0704. The predicted molar refractivity (Wildman–Crippen MR) is 165 cm³/mol. The fraction of sp³-hybridized carbons (Fsp3) is 0.529. The lowest BCUT2D eigenvalue weighted by atomic mass is 9.59. The Labute approximate surface area is 254 Å². The van der Waals surface area contributed by atoms with Gasteiger partial charge in [0.25, 0.3) is 0 Å². The van der Waals surface area contributed by atoms with Gasteiger partial charge in [-0.3, -0.25) is 4.79 Å². The first-order valence-corrected chi connectivity index (χ1v) is 17.2. The third kappa shape index (κ3) is 5.84. The van der Waals surface area contributed by atoms with E-state index >= 15 is 0 Å². The molecule has 43 heavy (non-hydrogen) atoms. The Balaban J connectivity index is 1.09. The van der Waals surface area contributed by atoms with E-state index in [1.54, 1.807) is 18.2 Å². The van der Waals surface area contributed by atoms with Crippen LogP contribution in [0.15, 0.2) is 66.1 Å². The van der Waals surface area contributed by atoms with Gasteiger partial charge in [0, 0.05) is 43.2 Å². The molecule has 0 unspecified atom stereocenters. The molecule has 0 aromatic heterocycles. The monoisotopic (exact) mass is 604 g/mol. The summed E-state index contributed by atoms with van der Waals surface area (Å²) in [5, 5.41) is 13.8. The van der Waals surface area contributed by atoms with Crippen LogP contribution in [0, 0.1) is 34.9 Å². The summed E-state index contributed by atoms with van der Waals surface area (Å²) in [6.45, 7) is 8.22. The van der Waals surface area contributed by atoms with Crippen LogP contribution in [0.25, 0.3) is 0 Å². The minimum Gasteiger partial charge on any atom is -0.371 e. The molecule has 2 aliphatic heterocycles. The zero-order valence-electron chi connectivity index (χ0n) is 24.6. The Morgan fingerprint density at radius 2 is 1.79 bits per heavy atom. The molecule has 3 atom stereocenters. The number of carbonyl (C=O) groups excluding carboxylic acids is 1. The number of rotatable bonds is 10. The molecule has 2 aromatic rings. The SMILES string of the molecule is C=CC(=O)N[C@H]1CCC[C@@H]1[C@](C#N)(c1cccc(F)c1)C1CCN(CC2CN(c3ccc(S(=O)(=O)C4CC4)cc3)C2)CC1. The summed E-state index contributed by atoms with van der Waals surface area (Å²) in [7, 11) is -3.17. The Bertz CT molecular complexity index is 1490. The molecule has 2 aliphatic carbocycles. The van der Waals surface area contributed by atoms with Crippen molar-refractivity contribution in [2.24, 2.45) is 17.8 Å². The lowest BCUT2D eigenvalue weighted by Crippen LogP contribution is -2.55. The minimum atomic E-state index is -3.17. The summed E-state index contributed by atoms with van der Waals surface area (Å²) in [5.41, 5.74) is 0.910. The molecule has 2 saturated heterocycles. The number of benzene rings is 2. The summed E-state index contributed by atoms with van der Waals surface area (Å²) in [6, 6.07) is 16.5. The summed E-state index contributed by atoms with van der Waals surface area (Å²) >= 11 is 0. The van der Waals surface area contributed by atoms with E-state index in [4.69, 9.17) is 0 Å². The fourth-order valence-corrected chi connectivity index (χ4v) is 9.56. The molecular weight excluding hydrogens is 563 g/mol. The Morgan fingerprint density at radius 1 is 1.07 bits per heavy atom. The van der Waals surface area contributed by atoms with Gasteiger partial charge in [-0.15, -0.1) is 0 Å². The van der Waals surface area contributed by atoms with Crippen LogP contribution in [0.2, 0.25) is 0 Å². The molecule has 1 amide bonds. The van der Waals surface area contributed by atoms with Crippen LogP contribution < -0.4 is 10.2 Å². The van der Waals surface area contributed by atoms with Gasteiger partial charge in [0.05, 0.1) is 21.6 Å². The highest BCUT2D eigenvalue weighted by Crippen LogP contribution is 2.50. The number of sulfone groups is 1. The van der Waals surface area contributed by atoms with E-state index in [1.165, 1.54) is 18.2 Å². The van der Waals surface area contributed by atoms with Gasteiger partial charge in [-0.2, -0.15) is 5.26 Å². The number of piperidine rings is 1. The van der Waals surface area contributed by atoms with Crippen molar-refractivity contribution < 1.29 is 17.6 Å². The number of nitriles is 1. The summed E-state index contributed by atoms with van der Waals surface area (Å²) < 4.78 is 39.5. The van der Waals surface area contributed by atoms with Crippen LogP contribution in [0.4, 0.5) is 10.1 Å². The van der Waals surface area contributed by atoms with Crippen molar-refractivity contribution in [3.8, 4) is 6.07 Å². The van der Waals surface area contributed by atoms with Crippen LogP contribution in [0.3, 0.4) is 0 Å². The van der Waals surface area contributed by atoms with Crippen LogP contribution in [-0.2, 0) is 20.0 Å². The third-order valence-corrected chi connectivity index (χ3v) is 12.6. The van der Waals surface area contributed by atoms with Crippen molar-refractivity contribution >= 4 is 21.4 Å². The van der Waals surface area contributed by atoms with Gasteiger partial charge in [-0.1, -0.05) is 25.1 Å². The molecule has 6 rings (SSSR count). The minimum absolute atomic E-state index is 0.0603. The first kappa shape index (κ1) is 29.8. The molecule has 4 aliphatic rings. The average Bonchev–Trinajstić information content (AvgIpc) is 3.77. The second-order valence-corrected chi connectivity index (χ2v) is 15.2. The Morgan fingerprint density at radius 3 is 2.42 bits per heavy atom. The lowest BCUT2D eigenvalue weighted by molar-refractivity contribution is -0.117. The highest BCUT2D eigenvalue weighted by atomic mass is 32.2. The molecular formula is C34H41FN4O3S. The van der Waals surface area contributed by atoms with E-state index in [-0.39, 0.29) is 34.9 Å². The van der Waals surface area contributed by atoms with Crippen LogP contribution in [0.5, 0.6) is 0 Å². The standard InChI is InChI=1S/C34H41FN4O3S/c1-2-33(40)37-32-8-4-7-31(32)34(23-36,26-5-3-6-27(35)19-26)25-15-17-38(18-16-25)20-24-21-39(22-24)28-9-11-29(12-10-28)43(41,42)30-13-14-30/h2-3,5-6,9-12,19,24-25,30-32H,1,4,7-8,13-18,20-22H2,(H,37,40)/t31-,32-,34-/m0/s1. The molecule has 2 saturated carbocycles. The van der Waals surface area contributed by atoms with Crippen molar-refractivity contribution in [2.45, 2.75) is 66.5 Å². The molecule has 0 radical (unpaired) electrons. The number of hydrogen-bond donors (Lipinski definition) is 1. The molecule has 9 heteroatoms. The normalized spacial score (nSPS) is 25.0. The number of nitrogens with zero attached hydrogens (tertiary/aromatic N) is 3. The number of halogens is 1. The van der Waals surface area contributed by atoms with E-state index in [0.717, 1.165) is 88.9 Å². The fourth-order valence-electron chi connectivity index (χ4n) is 7.91. The van der Waals surface area contributed by atoms with Crippen molar-refractivity contribution in [3.63, 3.8) is 0 Å². The third-order valence-electron chi connectivity index (χ3n) is 10.3. The highest BCUT2D eigenvalue weighted by Gasteiger charge is 2.52. The van der Waals surface area contributed by atoms with E-state index in [0.29, 0.717) is 10.8 Å². The number of carbonyl (C=O) groups is 1. The largest absolute Gasteiger partial charge is 0.371 e.